The van der Waals surface area contributed by atoms with Gasteiger partial charge in [0, 0.05) is 6.42 Å². The minimum atomic E-state index is -4.69. The van der Waals surface area contributed by atoms with E-state index in [9.17, 15) is 34.7 Å². The molecule has 12 heteroatoms. The molecule has 57 heavy (non-hydrogen) atoms. The molecule has 0 aliphatic carbocycles. The summed E-state index contributed by atoms with van der Waals surface area (Å²) in [6, 6.07) is -1.05. The Kier molecular flexibility index (Phi) is 34.8. The van der Waals surface area contributed by atoms with E-state index in [0.717, 1.165) is 44.9 Å². The number of amides is 1. The van der Waals surface area contributed by atoms with Crippen molar-refractivity contribution in [2.45, 2.75) is 179 Å². The summed E-state index contributed by atoms with van der Waals surface area (Å²) in [5.74, 6) is -0.450. The molecule has 6 atom stereocenters. The van der Waals surface area contributed by atoms with Crippen LogP contribution in [-0.2, 0) is 18.4 Å². The maximum absolute atomic E-state index is 12.9. The third kappa shape index (κ3) is 36.9. The number of aliphatic hydroxyl groups excluding tert-OH is 4. The quantitative estimate of drug-likeness (QED) is 0.0136. The van der Waals surface area contributed by atoms with Crippen molar-refractivity contribution in [3.8, 4) is 0 Å². The van der Waals surface area contributed by atoms with Crippen LogP contribution in [-0.4, -0.2) is 102 Å². The van der Waals surface area contributed by atoms with Gasteiger partial charge in [-0.25, -0.2) is 0 Å². The third-order valence-corrected chi connectivity index (χ3v) is 10.6. The first-order chi connectivity index (χ1) is 27.2. The number of carbonyl (C=O) groups is 1. The average molecular weight is 827 g/mol. The van der Waals surface area contributed by atoms with Crippen molar-refractivity contribution >= 4 is 13.7 Å². The van der Waals surface area contributed by atoms with Gasteiger partial charge in [0.05, 0.1) is 58.2 Å². The lowest BCUT2D eigenvalue weighted by Crippen LogP contribution is -2.46. The van der Waals surface area contributed by atoms with E-state index in [-0.39, 0.29) is 25.9 Å². The van der Waals surface area contributed by atoms with Gasteiger partial charge in [-0.15, -0.1) is 0 Å². The van der Waals surface area contributed by atoms with Crippen molar-refractivity contribution in [3.63, 3.8) is 0 Å². The fourth-order valence-electron chi connectivity index (χ4n) is 5.89. The number of likely N-dealkylation sites (N-methyl/N-ethyl adjacent to an activating group) is 1. The van der Waals surface area contributed by atoms with E-state index in [1.807, 2.05) is 27.2 Å². The normalized spacial score (nSPS) is 16.6. The molecule has 0 fully saturated rings. The summed E-state index contributed by atoms with van der Waals surface area (Å²) < 4.78 is 23.0. The van der Waals surface area contributed by atoms with Gasteiger partial charge in [-0.3, -0.25) is 9.36 Å². The summed E-state index contributed by atoms with van der Waals surface area (Å²) in [7, 11) is 1.03. The maximum atomic E-state index is 12.9. The van der Waals surface area contributed by atoms with Gasteiger partial charge in [0.15, 0.2) is 0 Å². The molecule has 1 unspecified atom stereocenters. The number of nitrogens with one attached hydrogen (secondary N) is 1. The van der Waals surface area contributed by atoms with E-state index < -0.39 is 50.8 Å². The first-order valence-electron chi connectivity index (χ1n) is 22.0. The van der Waals surface area contributed by atoms with Gasteiger partial charge in [0.2, 0.25) is 5.91 Å². The van der Waals surface area contributed by atoms with Crippen LogP contribution >= 0.6 is 7.82 Å². The van der Waals surface area contributed by atoms with Crippen LogP contribution in [0.2, 0.25) is 0 Å². The van der Waals surface area contributed by atoms with Crippen LogP contribution in [0, 0.1) is 0 Å². The van der Waals surface area contributed by atoms with Gasteiger partial charge in [0.1, 0.15) is 13.2 Å². The predicted molar refractivity (Wildman–Crippen MR) is 232 cm³/mol. The van der Waals surface area contributed by atoms with Crippen molar-refractivity contribution in [2.24, 2.45) is 0 Å². The van der Waals surface area contributed by atoms with E-state index in [4.69, 9.17) is 9.05 Å². The molecule has 0 spiro atoms. The van der Waals surface area contributed by atoms with Crippen molar-refractivity contribution in [3.05, 3.63) is 60.8 Å². The molecule has 0 aromatic rings. The number of phosphoric ester groups is 1. The van der Waals surface area contributed by atoms with E-state index in [2.05, 4.69) is 19.2 Å². The number of rotatable bonds is 38. The highest BCUT2D eigenvalue weighted by molar-refractivity contribution is 7.45. The molecule has 0 aliphatic heterocycles. The monoisotopic (exact) mass is 827 g/mol. The van der Waals surface area contributed by atoms with Crippen molar-refractivity contribution < 1.29 is 48.2 Å². The fraction of sp³-hybridized carbons (Fsp3) is 0.756. The van der Waals surface area contributed by atoms with E-state index >= 15 is 0 Å². The Bertz CT molecular complexity index is 1170. The molecule has 332 valence electrons. The largest absolute Gasteiger partial charge is 0.756 e. The number of quaternary nitrogens is 1. The van der Waals surface area contributed by atoms with Gasteiger partial charge in [-0.2, -0.15) is 0 Å². The molecule has 5 N–H and O–H groups in total. The molecular formula is C45H83N2O9P. The number of hydrogen-bond acceptors (Lipinski definition) is 9. The number of hydrogen-bond donors (Lipinski definition) is 5. The summed E-state index contributed by atoms with van der Waals surface area (Å²) in [6.45, 7) is 4.24. The average Bonchev–Trinajstić information content (AvgIpc) is 3.15. The van der Waals surface area contributed by atoms with Crippen LogP contribution < -0.4 is 10.2 Å². The van der Waals surface area contributed by atoms with Crippen LogP contribution in [0.15, 0.2) is 60.8 Å². The molecule has 0 aromatic heterocycles. The molecule has 0 radical (unpaired) electrons. The second kappa shape index (κ2) is 36.0. The summed E-state index contributed by atoms with van der Waals surface area (Å²) >= 11 is 0. The van der Waals surface area contributed by atoms with Gasteiger partial charge in [-0.1, -0.05) is 171 Å². The smallest absolute Gasteiger partial charge is 0.268 e. The topological polar surface area (TPSA) is 169 Å². The number of phosphoric acid groups is 1. The highest BCUT2D eigenvalue weighted by Gasteiger charge is 2.23. The maximum Gasteiger partial charge on any atom is 0.268 e. The lowest BCUT2D eigenvalue weighted by molar-refractivity contribution is -0.870. The first kappa shape index (κ1) is 55.1. The fourth-order valence-corrected chi connectivity index (χ4v) is 6.61. The van der Waals surface area contributed by atoms with E-state index in [0.29, 0.717) is 11.0 Å². The van der Waals surface area contributed by atoms with Crippen molar-refractivity contribution in [2.75, 3.05) is 40.9 Å². The highest BCUT2D eigenvalue weighted by Crippen LogP contribution is 2.38. The Morgan fingerprint density at radius 2 is 1.19 bits per heavy atom. The Morgan fingerprint density at radius 1 is 0.667 bits per heavy atom. The highest BCUT2D eigenvalue weighted by atomic mass is 31.2. The zero-order chi connectivity index (χ0) is 42.6. The minimum absolute atomic E-state index is 0.0139. The Labute approximate surface area is 347 Å². The molecule has 1 amide bonds. The lowest BCUT2D eigenvalue weighted by atomic mass is 10.0. The molecule has 0 aliphatic rings. The standard InChI is InChI=1S/C45H83N2O9P/c1-6-8-10-11-12-13-14-15-16-17-18-19-20-24-28-33-42(49)41(39-56-57(53,54)55-38-37-47(3,4)5)46-45(52)36-30-35-44(51)43(50)34-29-25-22-21-23-27-32-40(48)31-26-9-7-2/h21-23,25,27-29,32-34,40-44,48-51H,6-20,24,26,30-31,35-39H2,1-5H3,(H-,46,52,53,54)/b23-21-,25-22+,32-27+,33-28+,34-29+/t40-,41-,42+,43-,44-/m0/s1. The number of carbonyl (C=O) groups excluding carboxylic acids is 1. The zero-order valence-corrected chi connectivity index (χ0v) is 37.2. The van der Waals surface area contributed by atoms with Crippen LogP contribution in [0.25, 0.3) is 0 Å². The van der Waals surface area contributed by atoms with Gasteiger partial charge in [-0.05, 0) is 32.1 Å². The second-order valence-corrected chi connectivity index (χ2v) is 17.7. The summed E-state index contributed by atoms with van der Waals surface area (Å²) in [5.41, 5.74) is 0. The minimum Gasteiger partial charge on any atom is -0.756 e. The number of nitrogens with zero attached hydrogens (tertiary/aromatic N) is 1. The van der Waals surface area contributed by atoms with Crippen LogP contribution in [0.3, 0.4) is 0 Å². The molecule has 0 bridgehead atoms. The van der Waals surface area contributed by atoms with E-state index in [1.165, 1.54) is 76.7 Å². The Hall–Kier alpha value is -1.92. The summed E-state index contributed by atoms with van der Waals surface area (Å²) in [4.78, 5) is 25.3. The SMILES string of the molecule is CCCCCCCCCCCCCCC/C=C/[C@@H](O)[C@H](COP(=O)([O-])OCC[N+](C)(C)C)NC(=O)CCC[C@H](O)[C@@H](O)/C=C/C=C/C=C\C=C\[C@@H](O)CCCCC. The first-order valence-corrected chi connectivity index (χ1v) is 23.4. The number of unbranched alkanes of at least 4 members (excludes halogenated alkanes) is 15. The molecule has 0 rings (SSSR count). The number of aliphatic hydroxyl groups is 4. The number of allylic oxidation sites excluding steroid dienone is 7. The Balaban J connectivity index is 4.82. The van der Waals surface area contributed by atoms with Crippen LogP contribution in [0.4, 0.5) is 0 Å². The second-order valence-electron chi connectivity index (χ2n) is 16.3. The van der Waals surface area contributed by atoms with Gasteiger partial charge < -0.3 is 44.2 Å². The molecule has 0 saturated carbocycles. The van der Waals surface area contributed by atoms with E-state index in [1.54, 1.807) is 48.6 Å². The molecular weight excluding hydrogens is 743 g/mol. The molecule has 0 heterocycles. The Morgan fingerprint density at radius 3 is 1.77 bits per heavy atom. The predicted octanol–water partition coefficient (Wildman–Crippen LogP) is 8.14. The summed E-state index contributed by atoms with van der Waals surface area (Å²) in [6.07, 6.45) is 34.8. The van der Waals surface area contributed by atoms with Crippen molar-refractivity contribution in [1.29, 1.82) is 0 Å². The van der Waals surface area contributed by atoms with Crippen molar-refractivity contribution in [1.82, 2.24) is 5.32 Å². The zero-order valence-electron chi connectivity index (χ0n) is 36.4. The molecule has 0 aromatic carbocycles. The van der Waals surface area contributed by atoms with Crippen LogP contribution in [0.1, 0.15) is 149 Å². The molecule has 11 nitrogen and oxygen atoms in total. The van der Waals surface area contributed by atoms with Gasteiger partial charge >= 0.3 is 0 Å². The van der Waals surface area contributed by atoms with Crippen LogP contribution in [0.5, 0.6) is 0 Å². The van der Waals surface area contributed by atoms with Gasteiger partial charge in [0.25, 0.3) is 7.82 Å². The third-order valence-electron chi connectivity index (χ3n) is 9.59. The lowest BCUT2D eigenvalue weighted by Gasteiger charge is -2.29. The molecule has 0 saturated heterocycles. The summed E-state index contributed by atoms with van der Waals surface area (Å²) in [5, 5.41) is 44.2.